The third-order valence-corrected chi connectivity index (χ3v) is 7.45. The fourth-order valence-electron chi connectivity index (χ4n) is 3.22. The molecule has 0 spiro atoms. The Morgan fingerprint density at radius 1 is 0.933 bits per heavy atom. The predicted octanol–water partition coefficient (Wildman–Crippen LogP) is 3.81. The molecule has 3 rings (SSSR count). The summed E-state index contributed by atoms with van der Waals surface area (Å²) < 4.78 is 0.280. The van der Waals surface area contributed by atoms with Crippen molar-refractivity contribution in [1.29, 1.82) is 5.26 Å². The Kier molecular flexibility index (Phi) is 12.8. The van der Waals surface area contributed by atoms with Crippen LogP contribution in [0.5, 0.6) is 0 Å². The highest BCUT2D eigenvalue weighted by Crippen LogP contribution is 2.46. The van der Waals surface area contributed by atoms with Crippen LogP contribution in [0.1, 0.15) is 12.5 Å². The number of hydrogen-bond acceptors (Lipinski definition) is 7. The molecule has 2 aliphatic heterocycles. The molecule has 0 aliphatic carbocycles. The van der Waals surface area contributed by atoms with Gasteiger partial charge in [-0.25, -0.2) is 9.69 Å². The second-order valence-electron chi connectivity index (χ2n) is 7.72. The summed E-state index contributed by atoms with van der Waals surface area (Å²) >= 11 is 7.90. The molecule has 0 saturated carbocycles. The number of allylic oxidation sites excluding steroid dienone is 2. The minimum absolute atomic E-state index is 0.280. The van der Waals surface area contributed by atoms with Gasteiger partial charge in [-0.05, 0) is 90.2 Å². The maximum atomic E-state index is 12.9. The number of anilines is 1. The summed E-state index contributed by atoms with van der Waals surface area (Å²) in [6, 6.07) is 9.76. The van der Waals surface area contributed by atoms with E-state index in [0.29, 0.717) is 17.0 Å². The van der Waals surface area contributed by atoms with E-state index < -0.39 is 5.97 Å². The van der Waals surface area contributed by atoms with Crippen molar-refractivity contribution < 1.29 is 14.7 Å². The van der Waals surface area contributed by atoms with Crippen molar-refractivity contribution in [2.45, 2.75) is 11.8 Å². The number of nitrogens with zero attached hydrogens (tertiary/aromatic N) is 3. The van der Waals surface area contributed by atoms with Crippen molar-refractivity contribution in [3.63, 3.8) is 0 Å². The smallest absolute Gasteiger partial charge is 0.346 e. The summed E-state index contributed by atoms with van der Waals surface area (Å²) in [6.45, 7) is 2.65. The summed E-state index contributed by atoms with van der Waals surface area (Å²) in [5.74, 6) is 37.6. The number of thiocarbonyl (C=S) groups is 1. The van der Waals surface area contributed by atoms with E-state index in [-0.39, 0.29) is 15.8 Å². The van der Waals surface area contributed by atoms with Crippen molar-refractivity contribution in [3.8, 4) is 113 Å². The highest BCUT2D eigenvalue weighted by atomic mass is 32.2. The number of carbonyl (C=O) groups is 2. The van der Waals surface area contributed by atoms with Gasteiger partial charge in [0.15, 0.2) is 4.32 Å². The molecule has 1 amide bonds. The van der Waals surface area contributed by atoms with Crippen LogP contribution in [0.15, 0.2) is 50.8 Å². The summed E-state index contributed by atoms with van der Waals surface area (Å²) in [4.78, 5) is 28.6. The lowest BCUT2D eigenvalue weighted by atomic mass is 10.1. The molecule has 1 fully saturated rings. The number of hydrogen-bond donors (Lipinski definition) is 1. The molecule has 1 aromatic carbocycles. The van der Waals surface area contributed by atoms with E-state index in [4.69, 9.17) is 29.0 Å². The van der Waals surface area contributed by atoms with E-state index in [0.717, 1.165) is 32.3 Å². The fourth-order valence-corrected chi connectivity index (χ4v) is 5.52. The molecule has 6 nitrogen and oxygen atoms in total. The first-order valence-corrected chi connectivity index (χ1v) is 14.3. The van der Waals surface area contributed by atoms with Crippen LogP contribution in [0.2, 0.25) is 0 Å². The number of carboxylic acids is 1. The highest BCUT2D eigenvalue weighted by molar-refractivity contribution is 8.26. The number of terminal acetylenes is 1. The van der Waals surface area contributed by atoms with Gasteiger partial charge in [0.05, 0.1) is 15.6 Å². The number of fused-ring (bicyclic) bond motifs is 1. The van der Waals surface area contributed by atoms with Gasteiger partial charge in [-0.1, -0.05) is 41.8 Å². The molecule has 1 aromatic rings. The lowest BCUT2D eigenvalue weighted by molar-refractivity contribution is -0.132. The third-order valence-electron chi connectivity index (χ3n) is 5.02. The minimum atomic E-state index is -1.29. The van der Waals surface area contributed by atoms with Gasteiger partial charge in [-0.15, -0.1) is 6.42 Å². The zero-order chi connectivity index (χ0) is 32.4. The highest BCUT2D eigenvalue weighted by Gasteiger charge is 2.31. The van der Waals surface area contributed by atoms with Crippen LogP contribution in [0.4, 0.5) is 5.69 Å². The van der Waals surface area contributed by atoms with Gasteiger partial charge in [0.25, 0.3) is 5.91 Å². The molecule has 45 heavy (non-hydrogen) atoms. The van der Waals surface area contributed by atoms with Crippen LogP contribution >= 0.6 is 35.7 Å². The van der Waals surface area contributed by atoms with Gasteiger partial charge in [0.1, 0.15) is 11.6 Å². The maximum absolute atomic E-state index is 12.9. The normalized spacial score (nSPS) is 13.6. The van der Waals surface area contributed by atoms with Gasteiger partial charge in [0, 0.05) is 64.8 Å². The number of carbonyl (C=O) groups excluding carboxylic acids is 1. The molecule has 0 radical (unpaired) electrons. The van der Waals surface area contributed by atoms with Crippen molar-refractivity contribution in [2.24, 2.45) is 0 Å². The van der Waals surface area contributed by atoms with E-state index in [9.17, 15) is 9.59 Å². The predicted molar refractivity (Wildman–Crippen MR) is 181 cm³/mol. The molecule has 2 heterocycles. The summed E-state index contributed by atoms with van der Waals surface area (Å²) in [5, 5.41) is 19.1. The van der Waals surface area contributed by atoms with Gasteiger partial charge >= 0.3 is 5.97 Å². The summed E-state index contributed by atoms with van der Waals surface area (Å²) in [6.07, 6.45) is 9.78. The zero-order valence-corrected chi connectivity index (χ0v) is 25.5. The van der Waals surface area contributed by atoms with Gasteiger partial charge in [0.2, 0.25) is 0 Å². The van der Waals surface area contributed by atoms with Crippen LogP contribution in [-0.2, 0) is 9.59 Å². The lowest BCUT2D eigenvalue weighted by Gasteiger charge is -2.17. The van der Waals surface area contributed by atoms with Crippen molar-refractivity contribution in [1.82, 2.24) is 4.90 Å². The first-order chi connectivity index (χ1) is 21.9. The van der Waals surface area contributed by atoms with E-state index in [1.165, 1.54) is 17.8 Å². The van der Waals surface area contributed by atoms with E-state index >= 15 is 0 Å². The molecular weight excluding hydrogens is 619 g/mol. The topological polar surface area (TPSA) is 84.6 Å². The molecule has 1 saturated heterocycles. The van der Waals surface area contributed by atoms with Gasteiger partial charge in [-0.2, -0.15) is 5.26 Å². The Balaban J connectivity index is 1.64. The maximum Gasteiger partial charge on any atom is 0.346 e. The molecule has 2 aliphatic rings. The largest absolute Gasteiger partial charge is 0.477 e. The Hall–Kier alpha value is -6.50. The Morgan fingerprint density at radius 2 is 1.51 bits per heavy atom. The number of carboxylic acid groups (broad SMARTS) is 1. The third kappa shape index (κ3) is 9.78. The van der Waals surface area contributed by atoms with Crippen LogP contribution in [-0.4, -0.2) is 32.7 Å². The molecule has 208 valence electrons. The van der Waals surface area contributed by atoms with E-state index in [1.54, 1.807) is 18.2 Å². The number of rotatable bonds is 4. The minimum Gasteiger partial charge on any atom is -0.477 e. The Labute approximate surface area is 275 Å². The van der Waals surface area contributed by atoms with Gasteiger partial charge < -0.3 is 10.0 Å². The van der Waals surface area contributed by atoms with Crippen LogP contribution in [0, 0.1) is 119 Å². The Bertz CT molecular complexity index is 2200. The average molecular weight is 632 g/mol. The van der Waals surface area contributed by atoms with Crippen molar-refractivity contribution in [2.75, 3.05) is 11.4 Å². The number of thioether (sulfide) groups is 2. The van der Waals surface area contributed by atoms with Crippen molar-refractivity contribution >= 4 is 63.7 Å². The van der Waals surface area contributed by atoms with Crippen LogP contribution in [0.3, 0.4) is 0 Å². The molecule has 0 bridgehead atoms. The molecule has 0 unspecified atom stereocenters. The van der Waals surface area contributed by atoms with E-state index in [1.807, 2.05) is 25.1 Å². The zero-order valence-electron chi connectivity index (χ0n) is 23.1. The molecule has 0 aromatic heterocycles. The van der Waals surface area contributed by atoms with Gasteiger partial charge in [-0.3, -0.25) is 4.79 Å². The number of amides is 1. The first-order valence-electron chi connectivity index (χ1n) is 12.3. The molecule has 0 atom stereocenters. The Morgan fingerprint density at radius 3 is 2.04 bits per heavy atom. The van der Waals surface area contributed by atoms with Crippen molar-refractivity contribution in [3.05, 3.63) is 51.4 Å². The van der Waals surface area contributed by atoms with Crippen LogP contribution < -0.4 is 4.90 Å². The second-order valence-corrected chi connectivity index (χ2v) is 10.5. The summed E-state index contributed by atoms with van der Waals surface area (Å²) in [7, 11) is 0. The fraction of sp³-hybridized carbons (Fsp3) is 0.0556. The average Bonchev–Trinajstić information content (AvgIpc) is 3.52. The summed E-state index contributed by atoms with van der Waals surface area (Å²) in [5.41, 5.74) is 1.18. The molecule has 9 heteroatoms. The molecular formula is C36H13N3O3S3. The lowest BCUT2D eigenvalue weighted by Crippen LogP contribution is -2.22. The van der Waals surface area contributed by atoms with Crippen LogP contribution in [0.25, 0.3) is 6.08 Å². The number of benzene rings is 1. The number of nitriles is 1. The monoisotopic (exact) mass is 631 g/mol. The SMILES string of the molecule is C#CC#CC#CC#CC#CC#CC#CC#CC#CN1C(=O)/C(=C\C=C2\Sc3cc(/C=C(\C#N)C(=O)O)ccc3N2CC)SC1=S. The first kappa shape index (κ1) is 33.0. The van der Waals surface area contributed by atoms with E-state index in [2.05, 4.69) is 106 Å². The standard InChI is InChI=1S/C36H13N3O3S3/c1-3-5-6-7-8-9-10-11-12-13-14-15-16-17-18-19-24-39-34(40)31(45-36(39)43)22-23-33-38(4-2)30-21-20-28(26-32(30)44-33)25-29(27-37)35(41)42/h1,20-23,25-26H,4H2,2H3,(H,41,42)/b29-25+,31-22+,33-23+. The molecule has 1 N–H and O–H groups in total. The quantitative estimate of drug-likeness (QED) is 0.233. The number of aliphatic carboxylic acids is 1. The second kappa shape index (κ2) is 17.5.